The summed E-state index contributed by atoms with van der Waals surface area (Å²) >= 11 is 0. The fraction of sp³-hybridized carbons (Fsp3) is 0.750. The van der Waals surface area contributed by atoms with Crippen LogP contribution in [0.3, 0.4) is 0 Å². The van der Waals surface area contributed by atoms with Crippen LogP contribution in [-0.4, -0.2) is 27.4 Å². The Labute approximate surface area is 195 Å². The molecule has 0 aromatic heterocycles. The van der Waals surface area contributed by atoms with Gasteiger partial charge in [-0.15, -0.1) is 0 Å². The average Bonchev–Trinajstić information content (AvgIpc) is 2.70. The Balaban J connectivity index is 1.71. The van der Waals surface area contributed by atoms with Crippen LogP contribution in [0.4, 0.5) is 0 Å². The Morgan fingerprint density at radius 1 is 1.34 bits per heavy atom. The molecule has 2 aliphatic rings. The first-order valence-corrected chi connectivity index (χ1v) is 12.6. The normalized spacial score (nSPS) is 28.7. The number of carboxylic acids is 1. The molecule has 2 N–H and O–H groups in total. The molecule has 4 nitrogen and oxygen atoms in total. The van der Waals surface area contributed by atoms with Gasteiger partial charge in [-0.05, 0) is 96.5 Å². The van der Waals surface area contributed by atoms with E-state index in [0.717, 1.165) is 51.4 Å². The second-order valence-corrected chi connectivity index (χ2v) is 11.0. The van der Waals surface area contributed by atoms with Gasteiger partial charge >= 0.3 is 5.97 Å². The standard InChI is InChI=1S/C28H46O4/c1-20(10-7-16-27(5,31)17-9-12-22(3)26(29)30)11-8-18-28(6)19-15-24-14-13-21(2)23(4)25(24)32-28/h11,13-14,21-23,31H,7-10,12,15-19H2,1-6H3,(H,29,30)/b20-11+. The van der Waals surface area contributed by atoms with Gasteiger partial charge in [0.25, 0.3) is 0 Å². The van der Waals surface area contributed by atoms with Gasteiger partial charge in [0.2, 0.25) is 0 Å². The fourth-order valence-corrected chi connectivity index (χ4v) is 4.82. The van der Waals surface area contributed by atoms with Gasteiger partial charge in [-0.3, -0.25) is 4.79 Å². The van der Waals surface area contributed by atoms with E-state index in [1.54, 1.807) is 6.92 Å². The molecular weight excluding hydrogens is 400 g/mol. The summed E-state index contributed by atoms with van der Waals surface area (Å²) in [7, 11) is 0. The zero-order chi connectivity index (χ0) is 23.9. The summed E-state index contributed by atoms with van der Waals surface area (Å²) < 4.78 is 6.57. The largest absolute Gasteiger partial charge is 0.491 e. The van der Waals surface area contributed by atoms with Crippen molar-refractivity contribution in [1.82, 2.24) is 0 Å². The lowest BCUT2D eigenvalue weighted by atomic mass is 9.80. The van der Waals surface area contributed by atoms with Gasteiger partial charge in [0.1, 0.15) is 11.4 Å². The molecule has 1 heterocycles. The molecule has 0 radical (unpaired) electrons. The number of allylic oxidation sites excluding steroid dienone is 6. The summed E-state index contributed by atoms with van der Waals surface area (Å²) in [6.07, 6.45) is 15.9. The Morgan fingerprint density at radius 2 is 2.03 bits per heavy atom. The summed E-state index contributed by atoms with van der Waals surface area (Å²) in [6, 6.07) is 0. The van der Waals surface area contributed by atoms with Crippen molar-refractivity contribution in [3.63, 3.8) is 0 Å². The zero-order valence-corrected chi connectivity index (χ0v) is 21.2. The molecule has 0 saturated carbocycles. The van der Waals surface area contributed by atoms with E-state index in [2.05, 4.69) is 45.9 Å². The van der Waals surface area contributed by atoms with Crippen molar-refractivity contribution < 1.29 is 19.7 Å². The van der Waals surface area contributed by atoms with Crippen LogP contribution in [0.1, 0.15) is 106 Å². The fourth-order valence-electron chi connectivity index (χ4n) is 4.82. The van der Waals surface area contributed by atoms with E-state index in [0.29, 0.717) is 24.7 Å². The van der Waals surface area contributed by atoms with Crippen molar-refractivity contribution in [2.24, 2.45) is 17.8 Å². The minimum atomic E-state index is -0.755. The third-order valence-corrected chi connectivity index (χ3v) is 7.63. The Hall–Kier alpha value is -1.55. The monoisotopic (exact) mass is 446 g/mol. The Bertz CT molecular complexity index is 730. The molecule has 4 heteroatoms. The van der Waals surface area contributed by atoms with Crippen LogP contribution < -0.4 is 0 Å². The number of aliphatic hydroxyl groups is 1. The molecule has 32 heavy (non-hydrogen) atoms. The van der Waals surface area contributed by atoms with Gasteiger partial charge in [0.05, 0.1) is 11.5 Å². The van der Waals surface area contributed by atoms with E-state index < -0.39 is 11.6 Å². The summed E-state index contributed by atoms with van der Waals surface area (Å²) in [5, 5.41) is 19.6. The van der Waals surface area contributed by atoms with Crippen LogP contribution in [-0.2, 0) is 9.53 Å². The maximum absolute atomic E-state index is 10.9. The van der Waals surface area contributed by atoms with E-state index in [1.165, 1.54) is 16.9 Å². The van der Waals surface area contributed by atoms with Gasteiger partial charge in [0.15, 0.2) is 0 Å². The molecule has 0 amide bonds. The molecule has 5 atom stereocenters. The summed E-state index contributed by atoms with van der Waals surface area (Å²) in [6.45, 7) is 12.6. The maximum Gasteiger partial charge on any atom is 0.306 e. The molecule has 5 unspecified atom stereocenters. The van der Waals surface area contributed by atoms with Crippen molar-refractivity contribution in [2.75, 3.05) is 0 Å². The van der Waals surface area contributed by atoms with Crippen molar-refractivity contribution in [2.45, 2.75) is 117 Å². The molecule has 182 valence electrons. The van der Waals surface area contributed by atoms with Crippen LogP contribution in [0, 0.1) is 17.8 Å². The minimum absolute atomic E-state index is 0.0778. The molecular formula is C28H46O4. The number of carboxylic acid groups (broad SMARTS) is 1. The van der Waals surface area contributed by atoms with E-state index in [-0.39, 0.29) is 11.5 Å². The first kappa shape index (κ1) is 26.7. The van der Waals surface area contributed by atoms with Crippen LogP contribution in [0.25, 0.3) is 0 Å². The smallest absolute Gasteiger partial charge is 0.306 e. The first-order chi connectivity index (χ1) is 14.9. The lowest BCUT2D eigenvalue weighted by Gasteiger charge is -2.41. The van der Waals surface area contributed by atoms with Gasteiger partial charge in [0, 0.05) is 5.92 Å². The molecule has 0 bridgehead atoms. The van der Waals surface area contributed by atoms with E-state index in [1.807, 2.05) is 6.92 Å². The highest BCUT2D eigenvalue weighted by atomic mass is 16.5. The maximum atomic E-state index is 10.9. The van der Waals surface area contributed by atoms with Gasteiger partial charge in [-0.25, -0.2) is 0 Å². The van der Waals surface area contributed by atoms with Crippen molar-refractivity contribution in [1.29, 1.82) is 0 Å². The number of hydrogen-bond donors (Lipinski definition) is 2. The van der Waals surface area contributed by atoms with Gasteiger partial charge in [-0.2, -0.15) is 0 Å². The SMILES string of the molecule is C/C(=C\CCC1(C)CCC2=C(O1)C(C)C(C)C=C2)CCCC(C)(O)CCCC(C)C(=O)O. The molecule has 1 aliphatic heterocycles. The highest BCUT2D eigenvalue weighted by molar-refractivity contribution is 5.69. The molecule has 0 aromatic rings. The second-order valence-electron chi connectivity index (χ2n) is 11.0. The highest BCUT2D eigenvalue weighted by Gasteiger charge is 2.36. The number of rotatable bonds is 12. The van der Waals surface area contributed by atoms with E-state index >= 15 is 0 Å². The Kier molecular flexibility index (Phi) is 9.63. The number of carbonyl (C=O) groups is 1. The van der Waals surface area contributed by atoms with Crippen molar-refractivity contribution >= 4 is 5.97 Å². The predicted molar refractivity (Wildman–Crippen MR) is 131 cm³/mol. The van der Waals surface area contributed by atoms with Crippen LogP contribution in [0.5, 0.6) is 0 Å². The van der Waals surface area contributed by atoms with Gasteiger partial charge in [-0.1, -0.05) is 44.6 Å². The van der Waals surface area contributed by atoms with Crippen LogP contribution in [0.15, 0.2) is 35.1 Å². The van der Waals surface area contributed by atoms with E-state index in [9.17, 15) is 9.90 Å². The molecule has 0 fully saturated rings. The van der Waals surface area contributed by atoms with Crippen molar-refractivity contribution in [3.8, 4) is 0 Å². The molecule has 2 rings (SSSR count). The van der Waals surface area contributed by atoms with Crippen LogP contribution >= 0.6 is 0 Å². The summed E-state index contributed by atoms with van der Waals surface area (Å²) in [5.41, 5.74) is 1.98. The second kappa shape index (κ2) is 11.5. The molecule has 1 aliphatic carbocycles. The summed E-state index contributed by atoms with van der Waals surface area (Å²) in [4.78, 5) is 10.9. The molecule has 0 saturated heterocycles. The number of aliphatic carboxylic acids is 1. The summed E-state index contributed by atoms with van der Waals surface area (Å²) in [5.74, 6) is 1.13. The quantitative estimate of drug-likeness (QED) is 0.311. The minimum Gasteiger partial charge on any atom is -0.491 e. The lowest BCUT2D eigenvalue weighted by Crippen LogP contribution is -2.35. The third-order valence-electron chi connectivity index (χ3n) is 7.63. The van der Waals surface area contributed by atoms with E-state index in [4.69, 9.17) is 9.84 Å². The predicted octanol–water partition coefficient (Wildman–Crippen LogP) is 7.19. The zero-order valence-electron chi connectivity index (χ0n) is 21.2. The topological polar surface area (TPSA) is 66.8 Å². The average molecular weight is 447 g/mol. The number of hydrogen-bond acceptors (Lipinski definition) is 3. The third kappa shape index (κ3) is 8.10. The van der Waals surface area contributed by atoms with Crippen LogP contribution in [0.2, 0.25) is 0 Å². The van der Waals surface area contributed by atoms with Crippen molar-refractivity contribution in [3.05, 3.63) is 35.1 Å². The Morgan fingerprint density at radius 3 is 2.72 bits per heavy atom. The van der Waals surface area contributed by atoms with Gasteiger partial charge < -0.3 is 14.9 Å². The lowest BCUT2D eigenvalue weighted by molar-refractivity contribution is -0.141. The molecule has 0 aromatic carbocycles. The molecule has 0 spiro atoms. The number of ether oxygens (including phenoxy) is 1. The highest BCUT2D eigenvalue weighted by Crippen LogP contribution is 2.42. The first-order valence-electron chi connectivity index (χ1n) is 12.6.